The number of anilines is 1. The van der Waals surface area contributed by atoms with E-state index in [1.54, 1.807) is 6.07 Å². The van der Waals surface area contributed by atoms with Crippen molar-refractivity contribution in [1.82, 2.24) is 0 Å². The summed E-state index contributed by atoms with van der Waals surface area (Å²) in [6, 6.07) is 3.55. The van der Waals surface area contributed by atoms with Gasteiger partial charge in [-0.1, -0.05) is 42.8 Å². The first-order valence-corrected chi connectivity index (χ1v) is 7.59. The van der Waals surface area contributed by atoms with Crippen molar-refractivity contribution in [3.05, 3.63) is 27.7 Å². The average Bonchev–Trinajstić information content (AvgIpc) is 2.36. The highest BCUT2D eigenvalue weighted by atomic mass is 79.9. The van der Waals surface area contributed by atoms with Gasteiger partial charge in [0, 0.05) is 16.7 Å². The Kier molecular flexibility index (Phi) is 4.12. The Morgan fingerprint density at radius 3 is 2.52 bits per heavy atom. The summed E-state index contributed by atoms with van der Waals surface area (Å²) in [6.45, 7) is 6.06. The maximum Gasteiger partial charge on any atom is 0.471 e. The second-order valence-corrected chi connectivity index (χ2v) is 6.76. The van der Waals surface area contributed by atoms with Crippen molar-refractivity contribution in [1.29, 1.82) is 0 Å². The van der Waals surface area contributed by atoms with Gasteiger partial charge in [0.1, 0.15) is 0 Å². The molecule has 2 nitrogen and oxygen atoms in total. The summed E-state index contributed by atoms with van der Waals surface area (Å²) < 4.78 is 39.0. The van der Waals surface area contributed by atoms with E-state index in [4.69, 9.17) is 0 Å². The Morgan fingerprint density at radius 2 is 2.00 bits per heavy atom. The number of nitrogens with zero attached hydrogens (tertiary/aromatic N) is 1. The van der Waals surface area contributed by atoms with Crippen LogP contribution >= 0.6 is 15.9 Å². The van der Waals surface area contributed by atoms with Crippen molar-refractivity contribution in [2.24, 2.45) is 0 Å². The molecule has 0 unspecified atom stereocenters. The first-order valence-electron chi connectivity index (χ1n) is 6.79. The van der Waals surface area contributed by atoms with E-state index in [1.165, 1.54) is 0 Å². The Morgan fingerprint density at radius 1 is 1.38 bits per heavy atom. The molecule has 2 rings (SSSR count). The van der Waals surface area contributed by atoms with E-state index in [9.17, 15) is 18.0 Å². The third kappa shape index (κ3) is 2.96. The monoisotopic (exact) mass is 363 g/mol. The zero-order valence-electron chi connectivity index (χ0n) is 12.1. The molecule has 1 heterocycles. The molecule has 0 aromatic heterocycles. The number of rotatable bonds is 1. The van der Waals surface area contributed by atoms with Gasteiger partial charge in [0.15, 0.2) is 0 Å². The van der Waals surface area contributed by atoms with E-state index in [0.717, 1.165) is 26.9 Å². The van der Waals surface area contributed by atoms with E-state index in [0.29, 0.717) is 12.1 Å². The molecule has 0 bridgehead atoms. The van der Waals surface area contributed by atoms with Crippen LogP contribution in [0.25, 0.3) is 0 Å². The van der Waals surface area contributed by atoms with Crippen LogP contribution in [0.5, 0.6) is 0 Å². The minimum atomic E-state index is -4.85. The first kappa shape index (κ1) is 16.3. The molecule has 6 heteroatoms. The molecular formula is C15H17BrF3NO. The summed E-state index contributed by atoms with van der Waals surface area (Å²) in [5.41, 5.74) is 1.94. The predicted octanol–water partition coefficient (Wildman–Crippen LogP) is 4.59. The van der Waals surface area contributed by atoms with Crippen LogP contribution in [0.4, 0.5) is 18.9 Å². The molecule has 21 heavy (non-hydrogen) atoms. The molecule has 1 aliphatic heterocycles. The lowest BCUT2D eigenvalue weighted by Crippen LogP contribution is -2.47. The molecular weight excluding hydrogens is 347 g/mol. The molecule has 0 atom stereocenters. The van der Waals surface area contributed by atoms with Crippen molar-refractivity contribution in [3.63, 3.8) is 0 Å². The zero-order chi connectivity index (χ0) is 16.0. The zero-order valence-corrected chi connectivity index (χ0v) is 13.7. The second kappa shape index (κ2) is 5.30. The number of fused-ring (bicyclic) bond motifs is 1. The van der Waals surface area contributed by atoms with E-state index < -0.39 is 12.1 Å². The van der Waals surface area contributed by atoms with Gasteiger partial charge in [0.05, 0.1) is 0 Å². The van der Waals surface area contributed by atoms with E-state index in [-0.39, 0.29) is 12.0 Å². The number of hydrogen-bond donors (Lipinski definition) is 0. The summed E-state index contributed by atoms with van der Waals surface area (Å²) in [6.07, 6.45) is -3.57. The number of benzene rings is 1. The second-order valence-electron chi connectivity index (χ2n) is 5.90. The number of carbonyl (C=O) groups is 1. The molecule has 0 aliphatic carbocycles. The summed E-state index contributed by atoms with van der Waals surface area (Å²) in [7, 11) is 0. The van der Waals surface area contributed by atoms with E-state index >= 15 is 0 Å². The summed E-state index contributed by atoms with van der Waals surface area (Å²) >= 11 is 3.38. The Bertz CT molecular complexity index is 581. The molecule has 1 aromatic rings. The number of hydrogen-bond acceptors (Lipinski definition) is 1. The molecule has 0 saturated carbocycles. The molecule has 0 radical (unpaired) electrons. The fraction of sp³-hybridized carbons (Fsp3) is 0.533. The van der Waals surface area contributed by atoms with Gasteiger partial charge in [-0.05, 0) is 35.4 Å². The lowest BCUT2D eigenvalue weighted by Gasteiger charge is -2.39. The van der Waals surface area contributed by atoms with Gasteiger partial charge < -0.3 is 4.90 Å². The third-order valence-electron chi connectivity index (χ3n) is 4.01. The largest absolute Gasteiger partial charge is 0.471 e. The van der Waals surface area contributed by atoms with Gasteiger partial charge in [-0.3, -0.25) is 4.79 Å². The van der Waals surface area contributed by atoms with Crippen molar-refractivity contribution in [3.8, 4) is 0 Å². The molecule has 1 aliphatic rings. The van der Waals surface area contributed by atoms with Gasteiger partial charge in [-0.15, -0.1) is 0 Å². The maximum absolute atomic E-state index is 12.8. The molecule has 0 N–H and O–H groups in total. The van der Waals surface area contributed by atoms with E-state index in [2.05, 4.69) is 15.9 Å². The van der Waals surface area contributed by atoms with Crippen molar-refractivity contribution >= 4 is 27.5 Å². The topological polar surface area (TPSA) is 20.3 Å². The number of alkyl halides is 3. The average molecular weight is 364 g/mol. The van der Waals surface area contributed by atoms with Crippen LogP contribution in [0.2, 0.25) is 0 Å². The van der Waals surface area contributed by atoms with Gasteiger partial charge in [-0.25, -0.2) is 0 Å². The van der Waals surface area contributed by atoms with Crippen LogP contribution in [0, 0.1) is 0 Å². The SMILES string of the molecule is CCc1cc2c(cc1Br)N(C(=O)C(F)(F)F)CCC2(C)C. The predicted molar refractivity (Wildman–Crippen MR) is 79.6 cm³/mol. The lowest BCUT2D eigenvalue weighted by atomic mass is 9.77. The van der Waals surface area contributed by atoms with E-state index in [1.807, 2.05) is 26.8 Å². The van der Waals surface area contributed by atoms with Crippen LogP contribution in [-0.2, 0) is 16.6 Å². The summed E-state index contributed by atoms with van der Waals surface area (Å²) in [4.78, 5) is 12.5. The molecule has 116 valence electrons. The fourth-order valence-electron chi connectivity index (χ4n) is 2.65. The summed E-state index contributed by atoms with van der Waals surface area (Å²) in [5.74, 6) is -1.80. The smallest absolute Gasteiger partial charge is 0.304 e. The number of aryl methyl sites for hydroxylation is 1. The fourth-order valence-corrected chi connectivity index (χ4v) is 3.27. The minimum absolute atomic E-state index is 0.0796. The van der Waals surface area contributed by atoms with Gasteiger partial charge >= 0.3 is 12.1 Å². The van der Waals surface area contributed by atoms with Crippen LogP contribution < -0.4 is 4.90 Å². The normalized spacial score (nSPS) is 17.6. The number of halogens is 4. The van der Waals surface area contributed by atoms with Crippen molar-refractivity contribution in [2.45, 2.75) is 45.2 Å². The molecule has 1 amide bonds. The first-order chi connectivity index (χ1) is 9.58. The lowest BCUT2D eigenvalue weighted by molar-refractivity contribution is -0.170. The van der Waals surface area contributed by atoms with Crippen molar-refractivity contribution < 1.29 is 18.0 Å². The Balaban J connectivity index is 2.59. The highest BCUT2D eigenvalue weighted by Gasteiger charge is 2.46. The maximum atomic E-state index is 12.8. The van der Waals surface area contributed by atoms with Gasteiger partial charge in [0.25, 0.3) is 0 Å². The minimum Gasteiger partial charge on any atom is -0.304 e. The Labute approximate surface area is 130 Å². The van der Waals surface area contributed by atoms with Gasteiger partial charge in [0.2, 0.25) is 0 Å². The highest BCUT2D eigenvalue weighted by molar-refractivity contribution is 9.10. The van der Waals surface area contributed by atoms with Crippen LogP contribution in [0.15, 0.2) is 16.6 Å². The van der Waals surface area contributed by atoms with Crippen LogP contribution in [-0.4, -0.2) is 18.6 Å². The Hall–Kier alpha value is -1.04. The van der Waals surface area contributed by atoms with Crippen LogP contribution in [0.3, 0.4) is 0 Å². The molecule has 0 spiro atoms. The van der Waals surface area contributed by atoms with Crippen LogP contribution in [0.1, 0.15) is 38.3 Å². The van der Waals surface area contributed by atoms with Crippen molar-refractivity contribution in [2.75, 3.05) is 11.4 Å². The van der Waals surface area contributed by atoms with Gasteiger partial charge in [-0.2, -0.15) is 13.2 Å². The number of carbonyl (C=O) groups excluding carboxylic acids is 1. The molecule has 1 aromatic carbocycles. The summed E-state index contributed by atoms with van der Waals surface area (Å²) in [5, 5.41) is 0. The quantitative estimate of drug-likeness (QED) is 0.714. The standard InChI is InChI=1S/C15H17BrF3NO/c1-4-9-7-10-12(8-11(9)16)20(6-5-14(10,2)3)13(21)15(17,18)19/h7-8H,4-6H2,1-3H3. The highest BCUT2D eigenvalue weighted by Crippen LogP contribution is 2.43. The molecule has 0 saturated heterocycles. The third-order valence-corrected chi connectivity index (χ3v) is 4.75. The number of amides is 1. The molecule has 0 fully saturated rings.